The Bertz CT molecular complexity index is 1290. The van der Waals surface area contributed by atoms with Gasteiger partial charge < -0.3 is 9.84 Å². The maximum absolute atomic E-state index is 15.2. The number of imidazole rings is 1. The van der Waals surface area contributed by atoms with E-state index in [1.54, 1.807) is 48.5 Å². The predicted octanol–water partition coefficient (Wildman–Crippen LogP) is 6.36. The van der Waals surface area contributed by atoms with Gasteiger partial charge in [0.25, 0.3) is 0 Å². The van der Waals surface area contributed by atoms with Gasteiger partial charge in [0, 0.05) is 16.1 Å². The topological polar surface area (TPSA) is 64.3 Å². The molecule has 0 atom stereocenters. The third kappa shape index (κ3) is 3.76. The SMILES string of the molecule is COc1ccc(Cl)cc1-c1c(C(=O)O)nc(-c2ccccc2)n1-c1cccc(Cl)c1F. The standard InChI is InChI=1S/C23H15Cl2FN2O3/c1-31-18-11-10-14(24)12-15(18)21-20(23(29)30)27-22(13-6-3-2-4-7-13)28(21)17-9-5-8-16(25)19(17)26/h2-12H,1H3,(H,29,30). The van der Waals surface area contributed by atoms with Crippen LogP contribution in [0.5, 0.6) is 5.75 Å². The quantitative estimate of drug-likeness (QED) is 0.379. The number of carbonyl (C=O) groups is 1. The van der Waals surface area contributed by atoms with E-state index in [4.69, 9.17) is 27.9 Å². The summed E-state index contributed by atoms with van der Waals surface area (Å²) in [6.45, 7) is 0. The number of hydrogen-bond donors (Lipinski definition) is 1. The number of carboxylic acid groups (broad SMARTS) is 1. The van der Waals surface area contributed by atoms with E-state index in [0.717, 1.165) is 0 Å². The molecule has 0 fully saturated rings. The minimum atomic E-state index is -1.28. The van der Waals surface area contributed by atoms with Gasteiger partial charge in [-0.25, -0.2) is 14.2 Å². The lowest BCUT2D eigenvalue weighted by Crippen LogP contribution is -2.06. The van der Waals surface area contributed by atoms with Crippen LogP contribution >= 0.6 is 23.2 Å². The van der Waals surface area contributed by atoms with Crippen molar-refractivity contribution in [1.29, 1.82) is 0 Å². The zero-order valence-electron chi connectivity index (χ0n) is 16.1. The molecule has 1 N–H and O–H groups in total. The molecule has 4 rings (SSSR count). The van der Waals surface area contributed by atoms with Crippen LogP contribution in [-0.2, 0) is 0 Å². The molecule has 0 aliphatic carbocycles. The second-order valence-corrected chi connectivity index (χ2v) is 7.40. The Labute approximate surface area is 187 Å². The number of hydrogen-bond acceptors (Lipinski definition) is 3. The second-order valence-electron chi connectivity index (χ2n) is 6.56. The van der Waals surface area contributed by atoms with Gasteiger partial charge in [-0.15, -0.1) is 0 Å². The predicted molar refractivity (Wildman–Crippen MR) is 118 cm³/mol. The molecule has 0 radical (unpaired) electrons. The number of nitrogens with zero attached hydrogens (tertiary/aromatic N) is 2. The summed E-state index contributed by atoms with van der Waals surface area (Å²) in [5.74, 6) is -1.40. The van der Waals surface area contributed by atoms with Gasteiger partial charge in [0.15, 0.2) is 11.5 Å². The molecule has 0 bridgehead atoms. The van der Waals surface area contributed by atoms with E-state index < -0.39 is 11.8 Å². The van der Waals surface area contributed by atoms with Crippen molar-refractivity contribution in [2.75, 3.05) is 7.11 Å². The van der Waals surface area contributed by atoms with Crippen LogP contribution in [0.1, 0.15) is 10.5 Å². The molecule has 0 amide bonds. The number of aromatic nitrogens is 2. The van der Waals surface area contributed by atoms with Crippen LogP contribution in [0.3, 0.4) is 0 Å². The summed E-state index contributed by atoms with van der Waals surface area (Å²) < 4.78 is 22.0. The third-order valence-corrected chi connectivity index (χ3v) is 5.23. The van der Waals surface area contributed by atoms with Crippen LogP contribution in [-0.4, -0.2) is 27.7 Å². The molecule has 0 saturated heterocycles. The molecule has 0 saturated carbocycles. The van der Waals surface area contributed by atoms with E-state index in [9.17, 15) is 9.90 Å². The van der Waals surface area contributed by atoms with E-state index in [1.165, 1.54) is 23.8 Å². The molecule has 1 aromatic heterocycles. The molecule has 156 valence electrons. The van der Waals surface area contributed by atoms with Crippen molar-refractivity contribution in [3.05, 3.63) is 88.3 Å². The monoisotopic (exact) mass is 456 g/mol. The highest BCUT2D eigenvalue weighted by atomic mass is 35.5. The fraction of sp³-hybridized carbons (Fsp3) is 0.0435. The minimum absolute atomic E-state index is 0.0448. The van der Waals surface area contributed by atoms with E-state index in [0.29, 0.717) is 21.9 Å². The summed E-state index contributed by atoms with van der Waals surface area (Å²) >= 11 is 12.2. The Hall–Kier alpha value is -3.35. The van der Waals surface area contributed by atoms with Gasteiger partial charge in [-0.2, -0.15) is 0 Å². The van der Waals surface area contributed by atoms with Gasteiger partial charge in [-0.1, -0.05) is 59.6 Å². The van der Waals surface area contributed by atoms with E-state index >= 15 is 4.39 Å². The number of ether oxygens (including phenoxy) is 1. The molecule has 3 aromatic carbocycles. The molecule has 0 spiro atoms. The zero-order valence-corrected chi connectivity index (χ0v) is 17.7. The van der Waals surface area contributed by atoms with Crippen LogP contribution in [0.2, 0.25) is 10.0 Å². The van der Waals surface area contributed by atoms with Crippen LogP contribution in [0.4, 0.5) is 4.39 Å². The molecular weight excluding hydrogens is 442 g/mol. The average molecular weight is 457 g/mol. The van der Waals surface area contributed by atoms with Gasteiger partial charge in [-0.3, -0.25) is 4.57 Å². The average Bonchev–Trinajstić information content (AvgIpc) is 3.17. The Morgan fingerprint density at radius 2 is 1.81 bits per heavy atom. The molecular formula is C23H15Cl2FN2O3. The van der Waals surface area contributed by atoms with Crippen molar-refractivity contribution in [2.45, 2.75) is 0 Å². The third-order valence-electron chi connectivity index (χ3n) is 4.70. The van der Waals surface area contributed by atoms with Gasteiger partial charge >= 0.3 is 5.97 Å². The maximum Gasteiger partial charge on any atom is 0.356 e. The van der Waals surface area contributed by atoms with Gasteiger partial charge in [0.05, 0.1) is 23.5 Å². The summed E-state index contributed by atoms with van der Waals surface area (Å²) in [7, 11) is 1.45. The number of halogens is 3. The smallest absolute Gasteiger partial charge is 0.356 e. The molecule has 1 heterocycles. The normalized spacial score (nSPS) is 10.8. The summed E-state index contributed by atoms with van der Waals surface area (Å²) in [4.78, 5) is 16.6. The summed E-state index contributed by atoms with van der Waals surface area (Å²) in [5.41, 5.74) is 0.826. The molecule has 4 aromatic rings. The fourth-order valence-corrected chi connectivity index (χ4v) is 3.71. The fourth-order valence-electron chi connectivity index (χ4n) is 3.36. The van der Waals surface area contributed by atoms with Crippen LogP contribution < -0.4 is 4.74 Å². The summed E-state index contributed by atoms with van der Waals surface area (Å²) in [5, 5.41) is 10.2. The first-order valence-electron chi connectivity index (χ1n) is 9.12. The zero-order chi connectivity index (χ0) is 22.1. The largest absolute Gasteiger partial charge is 0.496 e. The Balaban J connectivity index is 2.19. The Morgan fingerprint density at radius 1 is 1.06 bits per heavy atom. The number of aromatic carboxylic acids is 1. The lowest BCUT2D eigenvalue weighted by atomic mass is 10.1. The van der Waals surface area contributed by atoms with Crippen LogP contribution in [0.25, 0.3) is 28.3 Å². The lowest BCUT2D eigenvalue weighted by molar-refractivity contribution is 0.0692. The van der Waals surface area contributed by atoms with E-state index in [2.05, 4.69) is 4.98 Å². The maximum atomic E-state index is 15.2. The molecule has 0 aliphatic heterocycles. The van der Waals surface area contributed by atoms with Crippen LogP contribution in [0, 0.1) is 5.82 Å². The number of rotatable bonds is 5. The van der Waals surface area contributed by atoms with Gasteiger partial charge in [0.1, 0.15) is 11.6 Å². The van der Waals surface area contributed by atoms with E-state index in [-0.39, 0.29) is 27.9 Å². The summed E-state index contributed by atoms with van der Waals surface area (Å²) in [6.07, 6.45) is 0. The van der Waals surface area contributed by atoms with Crippen molar-refractivity contribution in [2.24, 2.45) is 0 Å². The Morgan fingerprint density at radius 3 is 2.48 bits per heavy atom. The van der Waals surface area contributed by atoms with Crippen LogP contribution in [0.15, 0.2) is 66.7 Å². The highest BCUT2D eigenvalue weighted by molar-refractivity contribution is 6.31. The first-order chi connectivity index (χ1) is 14.9. The second kappa shape index (κ2) is 8.41. The van der Waals surface area contributed by atoms with Crippen molar-refractivity contribution in [1.82, 2.24) is 9.55 Å². The molecule has 5 nitrogen and oxygen atoms in total. The summed E-state index contributed by atoms with van der Waals surface area (Å²) in [6, 6.07) is 18.2. The Kier molecular flexibility index (Phi) is 5.67. The lowest BCUT2D eigenvalue weighted by Gasteiger charge is -2.16. The first kappa shape index (κ1) is 20.9. The molecule has 31 heavy (non-hydrogen) atoms. The molecule has 0 unspecified atom stereocenters. The molecule has 8 heteroatoms. The number of methoxy groups -OCH3 is 1. The van der Waals surface area contributed by atoms with Crippen molar-refractivity contribution < 1.29 is 19.0 Å². The van der Waals surface area contributed by atoms with Gasteiger partial charge in [0.2, 0.25) is 0 Å². The number of benzene rings is 3. The van der Waals surface area contributed by atoms with Crippen molar-refractivity contribution >= 4 is 29.2 Å². The van der Waals surface area contributed by atoms with Crippen molar-refractivity contribution in [3.8, 4) is 34.1 Å². The first-order valence-corrected chi connectivity index (χ1v) is 9.87. The van der Waals surface area contributed by atoms with Gasteiger partial charge in [-0.05, 0) is 30.3 Å². The minimum Gasteiger partial charge on any atom is -0.496 e. The van der Waals surface area contributed by atoms with Crippen molar-refractivity contribution in [3.63, 3.8) is 0 Å². The van der Waals surface area contributed by atoms with E-state index in [1.807, 2.05) is 6.07 Å². The molecule has 0 aliphatic rings. The number of carboxylic acids is 1. The highest BCUT2D eigenvalue weighted by Crippen LogP contribution is 2.40. The highest BCUT2D eigenvalue weighted by Gasteiger charge is 2.28.